The summed E-state index contributed by atoms with van der Waals surface area (Å²) in [5, 5.41) is 7.63. The Morgan fingerprint density at radius 3 is 2.48 bits per heavy atom. The van der Waals surface area contributed by atoms with Crippen molar-refractivity contribution in [3.63, 3.8) is 0 Å². The number of nitrogens with one attached hydrogen (secondary N) is 2. The van der Waals surface area contributed by atoms with Gasteiger partial charge in [-0.3, -0.25) is 19.3 Å². The molecule has 0 radical (unpaired) electrons. The van der Waals surface area contributed by atoms with Crippen LogP contribution in [0.25, 0.3) is 10.8 Å². The fourth-order valence-electron chi connectivity index (χ4n) is 4.01. The molecule has 8 nitrogen and oxygen atoms in total. The van der Waals surface area contributed by atoms with Crippen molar-refractivity contribution in [1.29, 1.82) is 0 Å². The second kappa shape index (κ2) is 8.38. The van der Waals surface area contributed by atoms with E-state index in [0.717, 1.165) is 21.2 Å². The SMILES string of the molecule is CC(NC(=O)CN1C(=O)NC(C)(c2cccc(C(N)=O)c2)C1=O)c1ccc2ccccc2c1. The molecule has 1 aliphatic heterocycles. The molecule has 2 unspecified atom stereocenters. The number of carbonyl (C=O) groups is 4. The molecule has 5 amide bonds. The molecule has 0 spiro atoms. The second-order valence-corrected chi connectivity index (χ2v) is 8.29. The molecule has 1 heterocycles. The highest BCUT2D eigenvalue weighted by atomic mass is 16.2. The van der Waals surface area contributed by atoms with Gasteiger partial charge in [0.05, 0.1) is 6.04 Å². The highest BCUT2D eigenvalue weighted by Crippen LogP contribution is 2.29. The van der Waals surface area contributed by atoms with Gasteiger partial charge >= 0.3 is 6.03 Å². The van der Waals surface area contributed by atoms with Gasteiger partial charge in [0.1, 0.15) is 12.1 Å². The molecular formula is C25H24N4O4. The van der Waals surface area contributed by atoms with Gasteiger partial charge in [-0.05, 0) is 53.9 Å². The number of nitrogens with two attached hydrogens (primary N) is 1. The minimum atomic E-state index is -1.41. The summed E-state index contributed by atoms with van der Waals surface area (Å²) >= 11 is 0. The molecule has 33 heavy (non-hydrogen) atoms. The first-order chi connectivity index (χ1) is 15.7. The zero-order chi connectivity index (χ0) is 23.8. The van der Waals surface area contributed by atoms with Gasteiger partial charge < -0.3 is 16.4 Å². The Morgan fingerprint density at radius 2 is 1.76 bits per heavy atom. The summed E-state index contributed by atoms with van der Waals surface area (Å²) in [4.78, 5) is 50.7. The van der Waals surface area contributed by atoms with Crippen LogP contribution < -0.4 is 16.4 Å². The van der Waals surface area contributed by atoms with Crippen molar-refractivity contribution in [2.24, 2.45) is 5.73 Å². The topological polar surface area (TPSA) is 122 Å². The number of amides is 5. The van der Waals surface area contributed by atoms with Crippen molar-refractivity contribution in [2.45, 2.75) is 25.4 Å². The van der Waals surface area contributed by atoms with Crippen LogP contribution in [0.4, 0.5) is 4.79 Å². The summed E-state index contributed by atoms with van der Waals surface area (Å²) in [6.45, 7) is 2.95. The van der Waals surface area contributed by atoms with E-state index in [-0.39, 0.29) is 11.6 Å². The zero-order valence-corrected chi connectivity index (χ0v) is 18.3. The van der Waals surface area contributed by atoms with Crippen LogP contribution in [-0.4, -0.2) is 35.2 Å². The largest absolute Gasteiger partial charge is 0.366 e. The molecule has 0 saturated carbocycles. The molecule has 4 rings (SSSR count). The number of benzene rings is 3. The molecule has 8 heteroatoms. The van der Waals surface area contributed by atoms with Gasteiger partial charge in [-0.25, -0.2) is 4.79 Å². The van der Waals surface area contributed by atoms with Gasteiger partial charge in [-0.15, -0.1) is 0 Å². The highest BCUT2D eigenvalue weighted by Gasteiger charge is 2.49. The molecule has 168 valence electrons. The van der Waals surface area contributed by atoms with E-state index in [2.05, 4.69) is 10.6 Å². The van der Waals surface area contributed by atoms with Crippen molar-refractivity contribution >= 4 is 34.5 Å². The number of hydrogen-bond acceptors (Lipinski definition) is 4. The molecule has 2 atom stereocenters. The summed E-state index contributed by atoms with van der Waals surface area (Å²) < 4.78 is 0. The van der Waals surface area contributed by atoms with Crippen molar-refractivity contribution < 1.29 is 19.2 Å². The van der Waals surface area contributed by atoms with E-state index in [0.29, 0.717) is 5.56 Å². The Balaban J connectivity index is 1.47. The molecule has 1 aliphatic rings. The highest BCUT2D eigenvalue weighted by molar-refractivity contribution is 6.09. The third-order valence-electron chi connectivity index (χ3n) is 5.95. The first kappa shape index (κ1) is 22.0. The minimum absolute atomic E-state index is 0.219. The van der Waals surface area contributed by atoms with Gasteiger partial charge in [-0.1, -0.05) is 48.5 Å². The van der Waals surface area contributed by atoms with E-state index in [9.17, 15) is 19.2 Å². The predicted octanol–water partition coefficient (Wildman–Crippen LogP) is 2.58. The Bertz CT molecular complexity index is 1290. The van der Waals surface area contributed by atoms with Crippen LogP contribution in [0.15, 0.2) is 66.7 Å². The average Bonchev–Trinajstić information content (AvgIpc) is 3.02. The fraction of sp³-hybridized carbons (Fsp3) is 0.200. The lowest BCUT2D eigenvalue weighted by Crippen LogP contribution is -2.43. The van der Waals surface area contributed by atoms with Crippen LogP contribution in [0.2, 0.25) is 0 Å². The molecular weight excluding hydrogens is 420 g/mol. The monoisotopic (exact) mass is 444 g/mol. The van der Waals surface area contributed by atoms with Crippen LogP contribution in [0, 0.1) is 0 Å². The van der Waals surface area contributed by atoms with Gasteiger partial charge in [0.15, 0.2) is 0 Å². The molecule has 1 fully saturated rings. The molecule has 0 bridgehead atoms. The molecule has 1 saturated heterocycles. The number of imide groups is 1. The predicted molar refractivity (Wildman–Crippen MR) is 123 cm³/mol. The number of hydrogen-bond donors (Lipinski definition) is 3. The molecule has 3 aromatic carbocycles. The normalized spacial score (nSPS) is 18.8. The van der Waals surface area contributed by atoms with E-state index < -0.39 is 35.8 Å². The van der Waals surface area contributed by atoms with E-state index in [1.807, 2.05) is 49.4 Å². The summed E-state index contributed by atoms with van der Waals surface area (Å²) in [6, 6.07) is 19.0. The molecule has 0 aromatic heterocycles. The maximum atomic E-state index is 13.1. The summed E-state index contributed by atoms with van der Waals surface area (Å²) in [5.74, 6) is -1.69. The molecule has 3 aromatic rings. The van der Waals surface area contributed by atoms with Crippen LogP contribution in [0.1, 0.15) is 41.4 Å². The van der Waals surface area contributed by atoms with Gasteiger partial charge in [0.25, 0.3) is 5.91 Å². The van der Waals surface area contributed by atoms with Gasteiger partial charge in [0, 0.05) is 5.56 Å². The Morgan fingerprint density at radius 1 is 1.03 bits per heavy atom. The number of carbonyl (C=O) groups excluding carboxylic acids is 4. The number of urea groups is 1. The van der Waals surface area contributed by atoms with Crippen molar-refractivity contribution in [3.05, 3.63) is 83.4 Å². The lowest BCUT2D eigenvalue weighted by atomic mass is 9.90. The number of fused-ring (bicyclic) bond motifs is 1. The summed E-state index contributed by atoms with van der Waals surface area (Å²) in [6.07, 6.45) is 0. The third-order valence-corrected chi connectivity index (χ3v) is 5.95. The van der Waals surface area contributed by atoms with E-state index in [1.54, 1.807) is 12.1 Å². The van der Waals surface area contributed by atoms with E-state index in [1.165, 1.54) is 19.1 Å². The maximum absolute atomic E-state index is 13.1. The van der Waals surface area contributed by atoms with Crippen LogP contribution >= 0.6 is 0 Å². The van der Waals surface area contributed by atoms with E-state index >= 15 is 0 Å². The maximum Gasteiger partial charge on any atom is 0.325 e. The van der Waals surface area contributed by atoms with Gasteiger partial charge in [-0.2, -0.15) is 0 Å². The first-order valence-corrected chi connectivity index (χ1v) is 10.5. The standard InChI is InChI=1S/C25H24N4O4/c1-15(17-11-10-16-6-3-4-7-18(16)12-17)27-21(30)14-29-23(32)25(2,28-24(29)33)20-9-5-8-19(13-20)22(26)31/h3-13,15H,14H2,1-2H3,(H2,26,31)(H,27,30)(H,28,33). The lowest BCUT2D eigenvalue weighted by molar-refractivity contribution is -0.135. The van der Waals surface area contributed by atoms with Crippen LogP contribution in [0.3, 0.4) is 0 Å². The number of rotatable bonds is 6. The second-order valence-electron chi connectivity index (χ2n) is 8.29. The molecule has 4 N–H and O–H groups in total. The third kappa shape index (κ3) is 4.15. The number of nitrogens with zero attached hydrogens (tertiary/aromatic N) is 1. The van der Waals surface area contributed by atoms with Gasteiger partial charge in [0.2, 0.25) is 11.8 Å². The summed E-state index contributed by atoms with van der Waals surface area (Å²) in [7, 11) is 0. The lowest BCUT2D eigenvalue weighted by Gasteiger charge is -2.23. The Hall–Kier alpha value is -4.20. The van der Waals surface area contributed by atoms with Crippen LogP contribution in [0.5, 0.6) is 0 Å². The number of primary amides is 1. The Labute approximate surface area is 190 Å². The van der Waals surface area contributed by atoms with Crippen molar-refractivity contribution in [3.8, 4) is 0 Å². The average molecular weight is 444 g/mol. The molecule has 0 aliphatic carbocycles. The minimum Gasteiger partial charge on any atom is -0.366 e. The zero-order valence-electron chi connectivity index (χ0n) is 18.3. The smallest absolute Gasteiger partial charge is 0.325 e. The fourth-order valence-corrected chi connectivity index (χ4v) is 4.01. The summed E-state index contributed by atoms with van der Waals surface area (Å²) in [5.41, 5.74) is 5.46. The Kier molecular flexibility index (Phi) is 5.59. The van der Waals surface area contributed by atoms with E-state index in [4.69, 9.17) is 5.73 Å². The van der Waals surface area contributed by atoms with Crippen LogP contribution in [-0.2, 0) is 15.1 Å². The quantitative estimate of drug-likeness (QED) is 0.506. The van der Waals surface area contributed by atoms with Crippen molar-refractivity contribution in [1.82, 2.24) is 15.5 Å². The first-order valence-electron chi connectivity index (χ1n) is 10.5. The van der Waals surface area contributed by atoms with Crippen molar-refractivity contribution in [2.75, 3.05) is 6.54 Å².